The lowest BCUT2D eigenvalue weighted by molar-refractivity contribution is 0.0949. The summed E-state index contributed by atoms with van der Waals surface area (Å²) in [5, 5.41) is 2.93. The van der Waals surface area contributed by atoms with Crippen molar-refractivity contribution in [2.24, 2.45) is 5.92 Å². The Bertz CT molecular complexity index is 839. The van der Waals surface area contributed by atoms with Gasteiger partial charge in [-0.05, 0) is 36.6 Å². The van der Waals surface area contributed by atoms with Crippen molar-refractivity contribution in [2.45, 2.75) is 33.2 Å². The number of fused-ring (bicyclic) bond motifs is 1. The van der Waals surface area contributed by atoms with Crippen molar-refractivity contribution in [3.05, 3.63) is 60.2 Å². The quantitative estimate of drug-likeness (QED) is 0.719. The molecule has 1 N–H and O–H groups in total. The minimum Gasteiger partial charge on any atom is -0.350 e. The minimum absolute atomic E-state index is 0.148. The van der Waals surface area contributed by atoms with Crippen LogP contribution in [0.3, 0.4) is 0 Å². The number of benzene rings is 1. The van der Waals surface area contributed by atoms with Crippen LogP contribution in [0.25, 0.3) is 11.0 Å². The van der Waals surface area contributed by atoms with Crippen LogP contribution in [0.15, 0.2) is 48.7 Å². The molecule has 0 aliphatic carbocycles. The number of pyridine rings is 1. The number of hydrogen-bond donors (Lipinski definition) is 1. The number of aromatic nitrogens is 3. The molecule has 1 amide bonds. The van der Waals surface area contributed by atoms with Gasteiger partial charge in [-0.1, -0.05) is 32.0 Å². The molecule has 0 unspecified atom stereocenters. The molecule has 0 saturated carbocycles. The van der Waals surface area contributed by atoms with Crippen molar-refractivity contribution >= 4 is 16.9 Å². The zero-order chi connectivity index (χ0) is 17.6. The number of imidazole rings is 1. The van der Waals surface area contributed by atoms with Gasteiger partial charge in [0.25, 0.3) is 5.91 Å². The predicted octanol–water partition coefficient (Wildman–Crippen LogP) is 3.45. The highest BCUT2D eigenvalue weighted by molar-refractivity contribution is 5.92. The van der Waals surface area contributed by atoms with Gasteiger partial charge in [-0.3, -0.25) is 9.78 Å². The summed E-state index contributed by atoms with van der Waals surface area (Å²) in [6.45, 7) is 5.94. The van der Waals surface area contributed by atoms with Crippen molar-refractivity contribution < 1.29 is 4.79 Å². The fraction of sp³-hybridized carbons (Fsp3) is 0.350. The van der Waals surface area contributed by atoms with Gasteiger partial charge < -0.3 is 9.88 Å². The SMILES string of the molecule is CC(C)CCn1c(CCNC(=O)c2ccccn2)nc2ccccc21. The Morgan fingerprint density at radius 1 is 1.16 bits per heavy atom. The number of carbonyl (C=O) groups is 1. The van der Waals surface area contributed by atoms with E-state index >= 15 is 0 Å². The van der Waals surface area contributed by atoms with Crippen LogP contribution in [0.4, 0.5) is 0 Å². The Labute approximate surface area is 148 Å². The smallest absolute Gasteiger partial charge is 0.269 e. The van der Waals surface area contributed by atoms with Crippen molar-refractivity contribution in [1.82, 2.24) is 19.9 Å². The summed E-state index contributed by atoms with van der Waals surface area (Å²) in [4.78, 5) is 20.9. The lowest BCUT2D eigenvalue weighted by Gasteiger charge is -2.11. The molecule has 0 atom stereocenters. The Morgan fingerprint density at radius 3 is 2.72 bits per heavy atom. The van der Waals surface area contributed by atoms with E-state index in [9.17, 15) is 4.79 Å². The summed E-state index contributed by atoms with van der Waals surface area (Å²) in [6, 6.07) is 13.5. The molecule has 0 saturated heterocycles. The van der Waals surface area contributed by atoms with Crippen LogP contribution < -0.4 is 5.32 Å². The number of nitrogens with one attached hydrogen (secondary N) is 1. The first-order valence-corrected chi connectivity index (χ1v) is 8.78. The number of carbonyl (C=O) groups excluding carboxylic acids is 1. The Hall–Kier alpha value is -2.69. The first-order valence-electron chi connectivity index (χ1n) is 8.78. The van der Waals surface area contributed by atoms with E-state index in [0.717, 1.165) is 29.8 Å². The molecule has 3 rings (SSSR count). The Balaban J connectivity index is 1.70. The molecule has 3 aromatic rings. The third kappa shape index (κ3) is 4.24. The number of rotatable bonds is 7. The first-order chi connectivity index (χ1) is 12.1. The normalized spacial score (nSPS) is 11.2. The Morgan fingerprint density at radius 2 is 1.96 bits per heavy atom. The molecule has 0 radical (unpaired) electrons. The van der Waals surface area contributed by atoms with Crippen LogP contribution >= 0.6 is 0 Å². The van der Waals surface area contributed by atoms with E-state index in [2.05, 4.69) is 34.8 Å². The van der Waals surface area contributed by atoms with E-state index in [1.807, 2.05) is 24.3 Å². The topological polar surface area (TPSA) is 59.8 Å². The maximum absolute atomic E-state index is 12.1. The van der Waals surface area contributed by atoms with E-state index in [1.165, 1.54) is 0 Å². The van der Waals surface area contributed by atoms with E-state index in [0.29, 0.717) is 24.6 Å². The van der Waals surface area contributed by atoms with E-state index in [1.54, 1.807) is 18.3 Å². The van der Waals surface area contributed by atoms with Gasteiger partial charge in [-0.25, -0.2) is 4.98 Å². The molecular weight excluding hydrogens is 312 g/mol. The van der Waals surface area contributed by atoms with E-state index in [-0.39, 0.29) is 5.91 Å². The summed E-state index contributed by atoms with van der Waals surface area (Å²) in [5.41, 5.74) is 2.61. The zero-order valence-electron chi connectivity index (χ0n) is 14.8. The predicted molar refractivity (Wildman–Crippen MR) is 99.5 cm³/mol. The molecule has 0 fully saturated rings. The van der Waals surface area contributed by atoms with Crippen LogP contribution in [-0.2, 0) is 13.0 Å². The lowest BCUT2D eigenvalue weighted by atomic mass is 10.1. The molecule has 2 aromatic heterocycles. The van der Waals surface area contributed by atoms with Crippen molar-refractivity contribution in [2.75, 3.05) is 6.54 Å². The maximum atomic E-state index is 12.1. The molecule has 1 aromatic carbocycles. The molecule has 5 heteroatoms. The second kappa shape index (κ2) is 7.92. The average Bonchev–Trinajstić information content (AvgIpc) is 2.98. The number of aryl methyl sites for hydroxylation is 1. The summed E-state index contributed by atoms with van der Waals surface area (Å²) in [6.07, 6.45) is 3.43. The lowest BCUT2D eigenvalue weighted by Crippen LogP contribution is -2.27. The van der Waals surface area contributed by atoms with Gasteiger partial charge in [0.15, 0.2) is 0 Å². The van der Waals surface area contributed by atoms with Gasteiger partial charge in [-0.15, -0.1) is 0 Å². The summed E-state index contributed by atoms with van der Waals surface area (Å²) in [7, 11) is 0. The number of amides is 1. The second-order valence-corrected chi connectivity index (χ2v) is 6.57. The molecule has 0 aliphatic heterocycles. The first kappa shape index (κ1) is 17.1. The monoisotopic (exact) mass is 336 g/mol. The van der Waals surface area contributed by atoms with E-state index in [4.69, 9.17) is 4.98 Å². The molecule has 0 spiro atoms. The molecular formula is C20H24N4O. The van der Waals surface area contributed by atoms with Crippen molar-refractivity contribution in [1.29, 1.82) is 0 Å². The van der Waals surface area contributed by atoms with Crippen molar-refractivity contribution in [3.8, 4) is 0 Å². The molecule has 5 nitrogen and oxygen atoms in total. The summed E-state index contributed by atoms with van der Waals surface area (Å²) < 4.78 is 2.28. The molecule has 0 aliphatic rings. The van der Waals surface area contributed by atoms with E-state index < -0.39 is 0 Å². The zero-order valence-corrected chi connectivity index (χ0v) is 14.8. The highest BCUT2D eigenvalue weighted by Gasteiger charge is 2.12. The molecule has 0 bridgehead atoms. The Kier molecular flexibility index (Phi) is 5.43. The van der Waals surface area contributed by atoms with Crippen LogP contribution in [-0.4, -0.2) is 27.0 Å². The van der Waals surface area contributed by atoms with Gasteiger partial charge in [0, 0.05) is 25.7 Å². The molecule has 2 heterocycles. The summed E-state index contributed by atoms with van der Waals surface area (Å²) in [5.74, 6) is 1.51. The van der Waals surface area contributed by atoms with Gasteiger partial charge in [0.05, 0.1) is 11.0 Å². The minimum atomic E-state index is -0.148. The van der Waals surface area contributed by atoms with Gasteiger partial charge in [0.2, 0.25) is 0 Å². The average molecular weight is 336 g/mol. The van der Waals surface area contributed by atoms with Gasteiger partial charge >= 0.3 is 0 Å². The fourth-order valence-corrected chi connectivity index (χ4v) is 2.83. The number of nitrogens with zero attached hydrogens (tertiary/aromatic N) is 3. The maximum Gasteiger partial charge on any atom is 0.269 e. The third-order valence-corrected chi connectivity index (χ3v) is 4.20. The largest absolute Gasteiger partial charge is 0.350 e. The molecule has 25 heavy (non-hydrogen) atoms. The number of hydrogen-bond acceptors (Lipinski definition) is 3. The summed E-state index contributed by atoms with van der Waals surface area (Å²) >= 11 is 0. The van der Waals surface area contributed by atoms with Crippen LogP contribution in [0, 0.1) is 5.92 Å². The van der Waals surface area contributed by atoms with Crippen LogP contribution in [0.2, 0.25) is 0 Å². The molecule has 130 valence electrons. The highest BCUT2D eigenvalue weighted by Crippen LogP contribution is 2.18. The number of para-hydroxylation sites is 2. The standard InChI is InChI=1S/C20H24N4O/c1-15(2)11-14-24-18-9-4-3-7-16(18)23-19(24)10-13-22-20(25)17-8-5-6-12-21-17/h3-9,12,15H,10-11,13-14H2,1-2H3,(H,22,25). The highest BCUT2D eigenvalue weighted by atomic mass is 16.1. The second-order valence-electron chi connectivity index (χ2n) is 6.57. The fourth-order valence-electron chi connectivity index (χ4n) is 2.83. The van der Waals surface area contributed by atoms with Crippen LogP contribution in [0.5, 0.6) is 0 Å². The van der Waals surface area contributed by atoms with Gasteiger partial charge in [0.1, 0.15) is 11.5 Å². The van der Waals surface area contributed by atoms with Gasteiger partial charge in [-0.2, -0.15) is 0 Å². The van der Waals surface area contributed by atoms with Crippen LogP contribution in [0.1, 0.15) is 36.6 Å². The van der Waals surface area contributed by atoms with Crippen molar-refractivity contribution in [3.63, 3.8) is 0 Å². The third-order valence-electron chi connectivity index (χ3n) is 4.20.